The first-order valence-electron chi connectivity index (χ1n) is 17.0. The van der Waals surface area contributed by atoms with Gasteiger partial charge in [-0.3, -0.25) is 0 Å². The SMILES string of the molecule is Cn1ccc2c([C@@H]3OC(COCc4ccccc4)[C@@H](OCc4ccccc4)C(OCc4ccccc4)C3OCc3ccccc3)cccc21. The lowest BCUT2D eigenvalue weighted by Gasteiger charge is -2.46. The Morgan fingerprint density at radius 3 is 1.55 bits per heavy atom. The molecule has 250 valence electrons. The number of aromatic nitrogens is 1. The molecule has 0 spiro atoms. The summed E-state index contributed by atoms with van der Waals surface area (Å²) in [5.41, 5.74) is 6.52. The summed E-state index contributed by atoms with van der Waals surface area (Å²) in [6.07, 6.45) is -0.235. The third kappa shape index (κ3) is 8.19. The average Bonchev–Trinajstić information content (AvgIpc) is 3.55. The largest absolute Gasteiger partial charge is 0.374 e. The molecule has 2 heterocycles. The number of nitrogens with zero attached hydrogens (tertiary/aromatic N) is 1. The summed E-state index contributed by atoms with van der Waals surface area (Å²) in [6, 6.07) is 49.5. The lowest BCUT2D eigenvalue weighted by molar-refractivity contribution is -0.274. The maximum atomic E-state index is 7.15. The molecule has 1 aliphatic heterocycles. The lowest BCUT2D eigenvalue weighted by atomic mass is 9.89. The van der Waals surface area contributed by atoms with Gasteiger partial charge in [0.15, 0.2) is 0 Å². The van der Waals surface area contributed by atoms with Gasteiger partial charge in [-0.25, -0.2) is 0 Å². The Balaban J connectivity index is 1.27. The summed E-state index contributed by atoms with van der Waals surface area (Å²) in [4.78, 5) is 0. The van der Waals surface area contributed by atoms with E-state index in [9.17, 15) is 0 Å². The molecule has 6 aromatic rings. The van der Waals surface area contributed by atoms with Gasteiger partial charge in [-0.05, 0) is 39.9 Å². The maximum Gasteiger partial charge on any atom is 0.117 e. The van der Waals surface area contributed by atoms with E-state index in [2.05, 4.69) is 90.6 Å². The van der Waals surface area contributed by atoms with Gasteiger partial charge < -0.3 is 28.3 Å². The zero-order valence-corrected chi connectivity index (χ0v) is 27.8. The van der Waals surface area contributed by atoms with Crippen LogP contribution in [0.25, 0.3) is 10.9 Å². The molecule has 0 saturated carbocycles. The van der Waals surface area contributed by atoms with Crippen LogP contribution in [0.15, 0.2) is 152 Å². The molecule has 1 aromatic heterocycles. The summed E-state index contributed by atoms with van der Waals surface area (Å²) in [5, 5.41) is 1.12. The highest BCUT2D eigenvalue weighted by molar-refractivity contribution is 5.84. The minimum atomic E-state index is -0.485. The van der Waals surface area contributed by atoms with Crippen LogP contribution in [0.5, 0.6) is 0 Å². The number of ether oxygens (including phenoxy) is 5. The zero-order valence-electron chi connectivity index (χ0n) is 27.8. The van der Waals surface area contributed by atoms with Gasteiger partial charge in [0.1, 0.15) is 30.5 Å². The number of hydrogen-bond acceptors (Lipinski definition) is 5. The smallest absolute Gasteiger partial charge is 0.117 e. The number of benzene rings is 5. The highest BCUT2D eigenvalue weighted by atomic mass is 16.6. The molecule has 7 rings (SSSR count). The summed E-state index contributed by atoms with van der Waals surface area (Å²) in [5.74, 6) is 0. The normalized spacial score (nSPS) is 20.8. The summed E-state index contributed by atoms with van der Waals surface area (Å²) in [6.45, 7) is 2.00. The minimum absolute atomic E-state index is 0.326. The molecule has 5 aromatic carbocycles. The van der Waals surface area contributed by atoms with Crippen LogP contribution < -0.4 is 0 Å². The van der Waals surface area contributed by atoms with Crippen molar-refractivity contribution in [2.75, 3.05) is 6.61 Å². The summed E-state index contributed by atoms with van der Waals surface area (Å²) in [7, 11) is 2.07. The number of hydrogen-bond donors (Lipinski definition) is 0. The van der Waals surface area contributed by atoms with Gasteiger partial charge >= 0.3 is 0 Å². The lowest BCUT2D eigenvalue weighted by Crippen LogP contribution is -2.58. The van der Waals surface area contributed by atoms with Crippen LogP contribution >= 0.6 is 0 Å². The van der Waals surface area contributed by atoms with E-state index >= 15 is 0 Å². The molecule has 6 heteroatoms. The zero-order chi connectivity index (χ0) is 33.3. The van der Waals surface area contributed by atoms with E-state index in [-0.39, 0.29) is 0 Å². The first-order chi connectivity index (χ1) is 24.2. The molecule has 0 amide bonds. The molecule has 1 saturated heterocycles. The van der Waals surface area contributed by atoms with Crippen LogP contribution in [0.3, 0.4) is 0 Å². The number of rotatable bonds is 14. The van der Waals surface area contributed by atoms with E-state index in [4.69, 9.17) is 23.7 Å². The van der Waals surface area contributed by atoms with E-state index < -0.39 is 30.5 Å². The van der Waals surface area contributed by atoms with Crippen molar-refractivity contribution in [1.82, 2.24) is 4.57 Å². The van der Waals surface area contributed by atoms with Crippen LogP contribution in [0.1, 0.15) is 33.9 Å². The van der Waals surface area contributed by atoms with Crippen molar-refractivity contribution >= 4 is 10.9 Å². The second-order valence-corrected chi connectivity index (χ2v) is 12.6. The molecule has 0 radical (unpaired) electrons. The third-order valence-electron chi connectivity index (χ3n) is 9.15. The molecule has 1 fully saturated rings. The van der Waals surface area contributed by atoms with Crippen LogP contribution in [0.4, 0.5) is 0 Å². The molecule has 3 unspecified atom stereocenters. The van der Waals surface area contributed by atoms with E-state index in [0.29, 0.717) is 33.0 Å². The topological polar surface area (TPSA) is 51.1 Å². The molecule has 0 aliphatic carbocycles. The van der Waals surface area contributed by atoms with Crippen molar-refractivity contribution in [3.05, 3.63) is 180 Å². The van der Waals surface area contributed by atoms with Gasteiger partial charge in [-0.1, -0.05) is 133 Å². The van der Waals surface area contributed by atoms with E-state index in [1.165, 1.54) is 0 Å². The van der Waals surface area contributed by atoms with Gasteiger partial charge in [0.05, 0.1) is 33.0 Å². The van der Waals surface area contributed by atoms with Crippen LogP contribution in [-0.4, -0.2) is 35.6 Å². The van der Waals surface area contributed by atoms with Gasteiger partial charge in [-0.15, -0.1) is 0 Å². The molecular weight excluding hydrogens is 610 g/mol. The third-order valence-corrected chi connectivity index (χ3v) is 9.15. The molecular formula is C43H43NO5. The predicted octanol–water partition coefficient (Wildman–Crippen LogP) is 8.59. The highest BCUT2D eigenvalue weighted by Gasteiger charge is 2.49. The van der Waals surface area contributed by atoms with Gasteiger partial charge in [0.25, 0.3) is 0 Å². The fourth-order valence-corrected chi connectivity index (χ4v) is 6.61. The fraction of sp³-hybridized carbons (Fsp3) is 0.256. The van der Waals surface area contributed by atoms with Gasteiger partial charge in [0, 0.05) is 24.1 Å². The Kier molecular flexibility index (Phi) is 10.9. The second kappa shape index (κ2) is 16.2. The standard InChI is InChI=1S/C43H43NO5/c1-44-26-25-36-37(23-14-24-38(36)44)40-42(47-29-34-19-10-4-11-20-34)43(48-30-35-21-12-5-13-22-35)41(46-28-33-17-8-3-9-18-33)39(49-40)31-45-27-32-15-6-2-7-16-32/h2-26,39-43H,27-31H2,1H3/t39?,40-,41+,42?,43?/m0/s1. The summed E-state index contributed by atoms with van der Waals surface area (Å²) < 4.78 is 36.4. The van der Waals surface area contributed by atoms with Gasteiger partial charge in [-0.2, -0.15) is 0 Å². The van der Waals surface area contributed by atoms with E-state index in [1.807, 2.05) is 72.8 Å². The van der Waals surface area contributed by atoms with Crippen molar-refractivity contribution in [2.24, 2.45) is 7.05 Å². The summed E-state index contributed by atoms with van der Waals surface area (Å²) >= 11 is 0. The van der Waals surface area contributed by atoms with Gasteiger partial charge in [0.2, 0.25) is 0 Å². The van der Waals surface area contributed by atoms with Crippen LogP contribution in [0, 0.1) is 0 Å². The van der Waals surface area contributed by atoms with Crippen molar-refractivity contribution in [3.8, 4) is 0 Å². The quantitative estimate of drug-likeness (QED) is 0.118. The molecule has 0 N–H and O–H groups in total. The Hall–Kier alpha value is -4.56. The molecule has 1 aliphatic rings. The van der Waals surface area contributed by atoms with E-state index in [1.54, 1.807) is 0 Å². The second-order valence-electron chi connectivity index (χ2n) is 12.6. The highest BCUT2D eigenvalue weighted by Crippen LogP contribution is 2.41. The number of fused-ring (bicyclic) bond motifs is 1. The maximum absolute atomic E-state index is 7.15. The Labute approximate surface area is 288 Å². The van der Waals surface area contributed by atoms with Crippen LogP contribution in [0.2, 0.25) is 0 Å². The Bertz CT molecular complexity index is 1860. The van der Waals surface area contributed by atoms with E-state index in [0.717, 1.165) is 38.7 Å². The Morgan fingerprint density at radius 1 is 0.510 bits per heavy atom. The fourth-order valence-electron chi connectivity index (χ4n) is 6.61. The van der Waals surface area contributed by atoms with Crippen molar-refractivity contribution in [1.29, 1.82) is 0 Å². The molecule has 49 heavy (non-hydrogen) atoms. The first kappa shape index (κ1) is 33.0. The average molecular weight is 654 g/mol. The van der Waals surface area contributed by atoms with Crippen molar-refractivity contribution in [3.63, 3.8) is 0 Å². The first-order valence-corrected chi connectivity index (χ1v) is 17.0. The Morgan fingerprint density at radius 2 is 1.00 bits per heavy atom. The van der Waals surface area contributed by atoms with Crippen molar-refractivity contribution in [2.45, 2.75) is 56.9 Å². The molecule has 0 bridgehead atoms. The minimum Gasteiger partial charge on any atom is -0.374 e. The molecule has 5 atom stereocenters. The van der Waals surface area contributed by atoms with Crippen molar-refractivity contribution < 1.29 is 23.7 Å². The predicted molar refractivity (Wildman–Crippen MR) is 192 cm³/mol. The van der Waals surface area contributed by atoms with Crippen LogP contribution in [-0.2, 0) is 57.2 Å². The number of aryl methyl sites for hydroxylation is 1. The monoisotopic (exact) mass is 653 g/mol. The molecule has 6 nitrogen and oxygen atoms in total.